The topological polar surface area (TPSA) is 170 Å². The molecule has 0 aliphatic heterocycles. The summed E-state index contributed by atoms with van der Waals surface area (Å²) in [7, 11) is 0. The number of para-hydroxylation sites is 5. The van der Waals surface area contributed by atoms with E-state index < -0.39 is 0 Å². The molecule has 0 fully saturated rings. The molecule has 30 aromatic rings. The molecule has 702 valence electrons. The van der Waals surface area contributed by atoms with Crippen LogP contribution in [0.15, 0.2) is 523 Å². The lowest BCUT2D eigenvalue weighted by Crippen LogP contribution is -2.00. The van der Waals surface area contributed by atoms with Gasteiger partial charge in [0.1, 0.15) is 16.7 Å². The zero-order chi connectivity index (χ0) is 99.1. The van der Waals surface area contributed by atoms with Crippen LogP contribution < -0.4 is 0 Å². The van der Waals surface area contributed by atoms with Crippen LogP contribution in [0.25, 0.3) is 284 Å². The van der Waals surface area contributed by atoms with E-state index in [9.17, 15) is 0 Å². The Morgan fingerprint density at radius 2 is 0.307 bits per heavy atom. The van der Waals surface area contributed by atoms with Gasteiger partial charge >= 0.3 is 0 Å². The van der Waals surface area contributed by atoms with Gasteiger partial charge < -0.3 is 27.0 Å². The molecule has 0 spiro atoms. The van der Waals surface area contributed by atoms with Gasteiger partial charge in [-0.3, -0.25) is 0 Å². The lowest BCUT2D eigenvalue weighted by Gasteiger charge is -2.09. The monoisotopic (exact) mass is 1920 g/mol. The first-order valence-electron chi connectivity index (χ1n) is 50.1. The van der Waals surface area contributed by atoms with Crippen molar-refractivity contribution in [1.82, 2.24) is 58.6 Å². The fourth-order valence-corrected chi connectivity index (χ4v) is 21.2. The highest BCUT2D eigenvalue weighted by Crippen LogP contribution is 2.47. The molecule has 0 radical (unpaired) electrons. The number of fused-ring (bicyclic) bond motifs is 21. The van der Waals surface area contributed by atoms with Crippen molar-refractivity contribution in [3.8, 4) is 153 Å². The maximum atomic E-state index is 6.80. The summed E-state index contributed by atoms with van der Waals surface area (Å²) < 4.78 is 27.1. The summed E-state index contributed by atoms with van der Waals surface area (Å²) in [5.74, 6) is 5.61. The van der Waals surface area contributed by atoms with E-state index in [2.05, 4.69) is 335 Å². The zero-order valence-electron chi connectivity index (χ0n) is 80.6. The fraction of sp³-hybridized carbons (Fsp3) is 0. The van der Waals surface area contributed by atoms with Gasteiger partial charge in [0.25, 0.3) is 0 Å². The third-order valence-corrected chi connectivity index (χ3v) is 28.4. The number of hydrogen-bond acceptors (Lipinski definition) is 12. The summed E-state index contributed by atoms with van der Waals surface area (Å²) in [4.78, 5) is 44.9. The van der Waals surface area contributed by atoms with Gasteiger partial charge in [-0.05, 0) is 161 Å². The van der Waals surface area contributed by atoms with Gasteiger partial charge in [-0.15, -0.1) is 0 Å². The molecule has 15 nitrogen and oxygen atoms in total. The number of hydrogen-bond donors (Lipinski definition) is 0. The Morgan fingerprint density at radius 1 is 0.127 bits per heavy atom. The highest BCUT2D eigenvalue weighted by Gasteiger charge is 2.27. The summed E-state index contributed by atoms with van der Waals surface area (Å²) in [5.41, 5.74) is 30.1. The van der Waals surface area contributed by atoms with Crippen molar-refractivity contribution in [3.63, 3.8) is 0 Å². The molecule has 150 heavy (non-hydrogen) atoms. The third kappa shape index (κ3) is 15.7. The van der Waals surface area contributed by atoms with Gasteiger partial charge in [-0.1, -0.05) is 382 Å². The van der Waals surface area contributed by atoms with Gasteiger partial charge in [0.2, 0.25) is 0 Å². The second kappa shape index (κ2) is 37.0. The number of rotatable bonds is 15. The van der Waals surface area contributed by atoms with E-state index in [4.69, 9.17) is 58.1 Å². The largest absolute Gasteiger partial charge is 0.454 e. The van der Waals surface area contributed by atoms with Crippen LogP contribution in [0.4, 0.5) is 0 Å². The molecule has 30 rings (SSSR count). The van der Waals surface area contributed by atoms with Gasteiger partial charge in [0, 0.05) is 132 Å². The van der Waals surface area contributed by atoms with Crippen molar-refractivity contribution in [3.05, 3.63) is 510 Å². The van der Waals surface area contributed by atoms with E-state index in [0.29, 0.717) is 52.4 Å². The average molecular weight is 1920 g/mol. The summed E-state index contributed by atoms with van der Waals surface area (Å²) >= 11 is 0. The van der Waals surface area contributed by atoms with Gasteiger partial charge in [0.05, 0.1) is 33.1 Å². The van der Waals surface area contributed by atoms with E-state index in [1.807, 2.05) is 188 Å². The molecular weight excluding hydrogens is 1840 g/mol. The molecule has 0 unspecified atom stereocenters. The quantitative estimate of drug-likeness (QED) is 0.0953. The van der Waals surface area contributed by atoms with Gasteiger partial charge in [0.15, 0.2) is 69.2 Å². The van der Waals surface area contributed by atoms with Gasteiger partial charge in [-0.2, -0.15) is 0 Å². The summed E-state index contributed by atoms with van der Waals surface area (Å²) in [6, 6.07) is 176. The molecule has 0 aliphatic carbocycles. The van der Waals surface area contributed by atoms with E-state index in [1.165, 1.54) is 38.4 Å². The maximum absolute atomic E-state index is 6.80. The van der Waals surface area contributed by atoms with Crippen LogP contribution in [0, 0.1) is 0 Å². The van der Waals surface area contributed by atoms with E-state index in [0.717, 1.165) is 193 Å². The predicted octanol–water partition coefficient (Wildman–Crippen LogP) is 34.6. The zero-order valence-corrected chi connectivity index (χ0v) is 80.6. The summed E-state index contributed by atoms with van der Waals surface area (Å²) in [6.07, 6.45) is 0. The molecule has 9 heterocycles. The number of benzene rings is 21. The number of furan rings is 3. The Labute approximate surface area is 859 Å². The number of nitrogens with zero attached hydrogens (tertiary/aromatic N) is 12. The minimum atomic E-state index is 0.603. The first-order valence-corrected chi connectivity index (χ1v) is 50.1. The van der Waals surface area contributed by atoms with E-state index in [1.54, 1.807) is 0 Å². The third-order valence-electron chi connectivity index (χ3n) is 28.4. The summed E-state index contributed by atoms with van der Waals surface area (Å²) in [6.45, 7) is 0. The average Bonchev–Trinajstić information content (AvgIpc) is 1.57. The molecule has 0 aliphatic rings. The summed E-state index contributed by atoms with van der Waals surface area (Å²) in [5, 5.41) is 13.2. The lowest BCUT2D eigenvalue weighted by atomic mass is 10.0. The normalized spacial score (nSPS) is 11.6. The van der Waals surface area contributed by atoms with Crippen molar-refractivity contribution in [2.45, 2.75) is 0 Å². The second-order valence-corrected chi connectivity index (χ2v) is 37.4. The molecule has 0 atom stereocenters. The molecule has 21 aromatic carbocycles. The Kier molecular flexibility index (Phi) is 21.5. The van der Waals surface area contributed by atoms with Gasteiger partial charge in [-0.25, -0.2) is 44.9 Å². The van der Waals surface area contributed by atoms with Crippen LogP contribution in [0.5, 0.6) is 0 Å². The standard InChI is InChI=1S/C51H32N4O.C45H28N4O.C39H24N4O/c1-4-12-33(13-5-1)35-20-22-38(23-21-35)50-52-49(37-16-8-3-9-17-37)53-51(54-50)39-26-31-46-44(32-39)43-30-29-42-41-18-10-11-19-45(41)55(47(42)48(43)56-46)40-27-24-36(25-28-40)34-14-6-2-7-15-34;1-4-12-29(13-5-1)30-20-22-32(23-21-30)44-46-43(31-14-6-2-7-15-31)47-45(48-44)33-24-27-40-38(28-33)37-26-25-36-35-18-10-11-19-39(35)49(41(36)42(37)50-40)34-16-8-3-9-17-34;1-4-12-25(13-5-1)37-40-38(26-14-6-2-7-15-26)42-39(41-37)27-20-23-34-32(24-27)31-22-21-30-29-18-10-11-19-33(29)43(35(30)36(31)44-34)28-16-8-3-9-17-28/h1-32H;1-28H;1-24H. The molecule has 0 saturated carbocycles. The minimum absolute atomic E-state index is 0.603. The second-order valence-electron chi connectivity index (χ2n) is 37.4. The Bertz CT molecular complexity index is 10400. The van der Waals surface area contributed by atoms with E-state index >= 15 is 0 Å². The molecule has 0 saturated heterocycles. The SMILES string of the molecule is c1ccc(-c2ccc(-c3nc(-c4ccccc4)nc(-c4ccc5oc6c(ccc7c8ccccc8n(-c8ccc(-c9ccccc9)cc8)c76)c5c4)n3)cc2)cc1.c1ccc(-c2ccc(-c3nc(-c4ccccc4)nc(-c4ccc5oc6c(ccc7c8ccccc8n(-c8ccccc8)c76)c5c4)n3)cc2)cc1.c1ccc(-c2nc(-c3ccccc3)nc(-c3ccc4oc5c(ccc6c7ccccc7n(-c7ccccc7)c65)c4c3)n2)cc1. The Morgan fingerprint density at radius 3 is 0.567 bits per heavy atom. The van der Waals surface area contributed by atoms with Crippen LogP contribution in [-0.2, 0) is 0 Å². The fourth-order valence-electron chi connectivity index (χ4n) is 21.2. The molecular formula is C135H84N12O3. The predicted molar refractivity (Wildman–Crippen MR) is 610 cm³/mol. The lowest BCUT2D eigenvalue weighted by molar-refractivity contribution is 0.670. The molecule has 0 amide bonds. The smallest absolute Gasteiger partial charge is 0.164 e. The minimum Gasteiger partial charge on any atom is -0.454 e. The number of aromatic nitrogens is 12. The van der Waals surface area contributed by atoms with Crippen LogP contribution in [0.2, 0.25) is 0 Å². The van der Waals surface area contributed by atoms with Crippen molar-refractivity contribution in [1.29, 1.82) is 0 Å². The van der Waals surface area contributed by atoms with Crippen LogP contribution in [0.3, 0.4) is 0 Å². The highest BCUT2D eigenvalue weighted by molar-refractivity contribution is 6.25. The Balaban J connectivity index is 0.000000109. The van der Waals surface area contributed by atoms with Crippen molar-refractivity contribution >= 4 is 131 Å². The highest BCUT2D eigenvalue weighted by atomic mass is 16.3. The first-order chi connectivity index (χ1) is 74.3. The van der Waals surface area contributed by atoms with Crippen LogP contribution in [-0.4, -0.2) is 58.6 Å². The molecule has 9 aromatic heterocycles. The van der Waals surface area contributed by atoms with Crippen molar-refractivity contribution < 1.29 is 13.3 Å². The van der Waals surface area contributed by atoms with Crippen LogP contribution in [0.1, 0.15) is 0 Å². The first kappa shape index (κ1) is 87.3. The van der Waals surface area contributed by atoms with E-state index in [-0.39, 0.29) is 0 Å². The molecule has 0 N–H and O–H groups in total. The maximum Gasteiger partial charge on any atom is 0.164 e. The van der Waals surface area contributed by atoms with Crippen molar-refractivity contribution in [2.24, 2.45) is 0 Å². The Hall–Kier alpha value is -20.6. The van der Waals surface area contributed by atoms with Crippen molar-refractivity contribution in [2.75, 3.05) is 0 Å². The molecule has 0 bridgehead atoms. The van der Waals surface area contributed by atoms with Crippen LogP contribution >= 0.6 is 0 Å². The molecule has 15 heteroatoms.